The van der Waals surface area contributed by atoms with Crippen LogP contribution in [-0.2, 0) is 0 Å². The standard InChI is InChI=1S/C15H23BrN2O/c1-8-9(2)13(19-5)11(10(3)12(8)16)14(18-4)15(17)6-7-15/h14,18H,6-7,17H2,1-5H3. The van der Waals surface area contributed by atoms with E-state index in [1.165, 1.54) is 22.3 Å². The minimum atomic E-state index is -0.131. The van der Waals surface area contributed by atoms with E-state index in [0.29, 0.717) is 0 Å². The molecule has 2 rings (SSSR count). The molecule has 1 aromatic rings. The van der Waals surface area contributed by atoms with E-state index in [2.05, 4.69) is 42.0 Å². The van der Waals surface area contributed by atoms with Gasteiger partial charge in [0.05, 0.1) is 13.2 Å². The van der Waals surface area contributed by atoms with Crippen molar-refractivity contribution in [3.63, 3.8) is 0 Å². The molecule has 1 atom stereocenters. The summed E-state index contributed by atoms with van der Waals surface area (Å²) in [5, 5.41) is 3.38. The van der Waals surface area contributed by atoms with Crippen LogP contribution >= 0.6 is 15.9 Å². The zero-order valence-electron chi connectivity index (χ0n) is 12.4. The zero-order valence-corrected chi connectivity index (χ0v) is 13.9. The molecule has 1 saturated carbocycles. The lowest BCUT2D eigenvalue weighted by atomic mass is 9.89. The van der Waals surface area contributed by atoms with E-state index in [9.17, 15) is 0 Å². The summed E-state index contributed by atoms with van der Waals surface area (Å²) in [4.78, 5) is 0. The summed E-state index contributed by atoms with van der Waals surface area (Å²) < 4.78 is 6.84. The van der Waals surface area contributed by atoms with Crippen molar-refractivity contribution in [2.45, 2.75) is 45.2 Å². The van der Waals surface area contributed by atoms with Gasteiger partial charge in [-0.25, -0.2) is 0 Å². The Morgan fingerprint density at radius 2 is 1.79 bits per heavy atom. The number of nitrogens with one attached hydrogen (secondary N) is 1. The minimum absolute atomic E-state index is 0.131. The second-order valence-electron chi connectivity index (χ2n) is 5.59. The average Bonchev–Trinajstić information content (AvgIpc) is 3.13. The number of rotatable bonds is 4. The number of hydrogen-bond acceptors (Lipinski definition) is 3. The van der Waals surface area contributed by atoms with Crippen LogP contribution < -0.4 is 15.8 Å². The van der Waals surface area contributed by atoms with Crippen LogP contribution in [0.25, 0.3) is 0 Å². The first-order valence-electron chi connectivity index (χ1n) is 6.66. The fraction of sp³-hybridized carbons (Fsp3) is 0.600. The Morgan fingerprint density at radius 3 is 2.21 bits per heavy atom. The first-order valence-corrected chi connectivity index (χ1v) is 7.46. The highest BCUT2D eigenvalue weighted by atomic mass is 79.9. The van der Waals surface area contributed by atoms with E-state index in [1.54, 1.807) is 7.11 Å². The van der Waals surface area contributed by atoms with E-state index in [1.807, 2.05) is 7.05 Å². The van der Waals surface area contributed by atoms with Crippen molar-refractivity contribution in [1.29, 1.82) is 0 Å². The van der Waals surface area contributed by atoms with Crippen LogP contribution in [0.2, 0.25) is 0 Å². The molecule has 0 radical (unpaired) electrons. The summed E-state index contributed by atoms with van der Waals surface area (Å²) in [5.74, 6) is 0.967. The third kappa shape index (κ3) is 2.30. The molecular weight excluding hydrogens is 304 g/mol. The van der Waals surface area contributed by atoms with Crippen molar-refractivity contribution < 1.29 is 4.74 Å². The zero-order chi connectivity index (χ0) is 14.4. The van der Waals surface area contributed by atoms with Crippen molar-refractivity contribution in [3.05, 3.63) is 26.7 Å². The molecule has 1 unspecified atom stereocenters. The molecule has 4 heteroatoms. The number of methoxy groups -OCH3 is 1. The predicted octanol–water partition coefficient (Wildman–Crippen LogP) is 3.13. The van der Waals surface area contributed by atoms with Crippen LogP contribution in [-0.4, -0.2) is 19.7 Å². The Bertz CT molecular complexity index is 510. The number of hydrogen-bond donors (Lipinski definition) is 2. The molecule has 0 heterocycles. The summed E-state index contributed by atoms with van der Waals surface area (Å²) in [6.45, 7) is 6.34. The molecule has 3 nitrogen and oxygen atoms in total. The maximum atomic E-state index is 6.43. The summed E-state index contributed by atoms with van der Waals surface area (Å²) in [6.07, 6.45) is 2.12. The summed E-state index contributed by atoms with van der Waals surface area (Å²) >= 11 is 3.70. The van der Waals surface area contributed by atoms with E-state index in [0.717, 1.165) is 23.1 Å². The van der Waals surface area contributed by atoms with Crippen molar-refractivity contribution in [2.75, 3.05) is 14.2 Å². The van der Waals surface area contributed by atoms with Gasteiger partial charge in [-0.3, -0.25) is 0 Å². The van der Waals surface area contributed by atoms with Gasteiger partial charge in [-0.2, -0.15) is 0 Å². The van der Waals surface area contributed by atoms with Crippen molar-refractivity contribution in [1.82, 2.24) is 5.32 Å². The minimum Gasteiger partial charge on any atom is -0.496 e. The SMILES string of the molecule is CNC(c1c(C)c(Br)c(C)c(C)c1OC)C1(N)CC1. The van der Waals surface area contributed by atoms with Crippen LogP contribution in [0.1, 0.15) is 41.1 Å². The first-order chi connectivity index (χ1) is 8.87. The van der Waals surface area contributed by atoms with E-state index < -0.39 is 0 Å². The molecule has 0 bridgehead atoms. The van der Waals surface area contributed by atoms with Crippen LogP contribution in [0.3, 0.4) is 0 Å². The van der Waals surface area contributed by atoms with Crippen LogP contribution in [0.15, 0.2) is 4.47 Å². The highest BCUT2D eigenvalue weighted by Crippen LogP contribution is 2.49. The maximum Gasteiger partial charge on any atom is 0.127 e. The van der Waals surface area contributed by atoms with Gasteiger partial charge < -0.3 is 15.8 Å². The number of halogens is 1. The fourth-order valence-corrected chi connectivity index (χ4v) is 3.38. The van der Waals surface area contributed by atoms with Gasteiger partial charge in [-0.15, -0.1) is 0 Å². The van der Waals surface area contributed by atoms with Crippen LogP contribution in [0, 0.1) is 20.8 Å². The van der Waals surface area contributed by atoms with Gasteiger partial charge in [0.25, 0.3) is 0 Å². The van der Waals surface area contributed by atoms with E-state index in [-0.39, 0.29) is 11.6 Å². The molecule has 19 heavy (non-hydrogen) atoms. The third-order valence-corrected chi connectivity index (χ3v) is 5.58. The molecule has 0 aliphatic heterocycles. The first kappa shape index (κ1) is 14.8. The lowest BCUT2D eigenvalue weighted by molar-refractivity contribution is 0.382. The van der Waals surface area contributed by atoms with E-state index >= 15 is 0 Å². The van der Waals surface area contributed by atoms with Crippen LogP contribution in [0.4, 0.5) is 0 Å². The highest BCUT2D eigenvalue weighted by molar-refractivity contribution is 9.10. The second kappa shape index (κ2) is 5.08. The molecule has 1 fully saturated rings. The van der Waals surface area contributed by atoms with Crippen LogP contribution in [0.5, 0.6) is 5.75 Å². The van der Waals surface area contributed by atoms with Crippen molar-refractivity contribution in [3.8, 4) is 5.75 Å². The molecule has 0 saturated heterocycles. The van der Waals surface area contributed by atoms with Gasteiger partial charge in [0.15, 0.2) is 0 Å². The molecule has 3 N–H and O–H groups in total. The number of benzene rings is 1. The summed E-state index contributed by atoms with van der Waals surface area (Å²) in [7, 11) is 3.71. The van der Waals surface area contributed by atoms with Gasteiger partial charge in [0.1, 0.15) is 5.75 Å². The third-order valence-electron chi connectivity index (χ3n) is 4.39. The molecule has 106 valence electrons. The van der Waals surface area contributed by atoms with E-state index in [4.69, 9.17) is 10.5 Å². The predicted molar refractivity (Wildman–Crippen MR) is 82.9 cm³/mol. The van der Waals surface area contributed by atoms with Gasteiger partial charge in [0, 0.05) is 15.6 Å². The normalized spacial score (nSPS) is 18.3. The van der Waals surface area contributed by atoms with Gasteiger partial charge >= 0.3 is 0 Å². The number of ether oxygens (including phenoxy) is 1. The van der Waals surface area contributed by atoms with Gasteiger partial charge in [0.2, 0.25) is 0 Å². The topological polar surface area (TPSA) is 47.3 Å². The highest BCUT2D eigenvalue weighted by Gasteiger charge is 2.47. The Kier molecular flexibility index (Phi) is 3.96. The molecule has 0 spiro atoms. The largest absolute Gasteiger partial charge is 0.496 e. The molecule has 1 aromatic carbocycles. The quantitative estimate of drug-likeness (QED) is 0.893. The molecule has 0 aromatic heterocycles. The maximum absolute atomic E-state index is 6.43. The van der Waals surface area contributed by atoms with Crippen molar-refractivity contribution in [2.24, 2.45) is 5.73 Å². The Balaban J connectivity index is 2.67. The second-order valence-corrected chi connectivity index (χ2v) is 6.38. The summed E-state index contributed by atoms with van der Waals surface area (Å²) in [5.41, 5.74) is 11.1. The molecule has 1 aliphatic rings. The monoisotopic (exact) mass is 326 g/mol. The number of likely N-dealkylation sites (N-methyl/N-ethyl adjacent to an activating group) is 1. The summed E-state index contributed by atoms with van der Waals surface area (Å²) in [6, 6.07) is 0.137. The number of nitrogens with two attached hydrogens (primary N) is 1. The Morgan fingerprint density at radius 1 is 1.21 bits per heavy atom. The molecular formula is C15H23BrN2O. The lowest BCUT2D eigenvalue weighted by Crippen LogP contribution is -2.39. The lowest BCUT2D eigenvalue weighted by Gasteiger charge is -2.29. The molecule has 0 amide bonds. The van der Waals surface area contributed by atoms with Gasteiger partial charge in [-0.1, -0.05) is 15.9 Å². The Hall–Kier alpha value is -0.580. The Labute approximate surface area is 124 Å². The average molecular weight is 327 g/mol. The smallest absolute Gasteiger partial charge is 0.127 e. The van der Waals surface area contributed by atoms with Gasteiger partial charge in [-0.05, 0) is 57.4 Å². The molecule has 1 aliphatic carbocycles. The fourth-order valence-electron chi connectivity index (χ4n) is 2.87. The van der Waals surface area contributed by atoms with Crippen molar-refractivity contribution >= 4 is 15.9 Å².